The van der Waals surface area contributed by atoms with Crippen LogP contribution in [-0.2, 0) is 7.05 Å². The molecule has 0 bridgehead atoms. The van der Waals surface area contributed by atoms with Crippen LogP contribution in [0, 0.1) is 16.3 Å². The van der Waals surface area contributed by atoms with Gasteiger partial charge in [0.25, 0.3) is 11.1 Å². The first kappa shape index (κ1) is 26.3. The number of hydrogen-bond acceptors (Lipinski definition) is 6. The molecule has 2 aromatic carbocycles. The summed E-state index contributed by atoms with van der Waals surface area (Å²) in [5, 5.41) is 6.10. The van der Waals surface area contributed by atoms with Gasteiger partial charge >= 0.3 is 5.69 Å². The molecule has 0 aliphatic heterocycles. The number of nitrogens with zero attached hydrogens (tertiary/aromatic N) is 3. The number of rotatable bonds is 6. The number of aromatic nitrogens is 3. The topological polar surface area (TPSA) is 116 Å². The first-order chi connectivity index (χ1) is 18.1. The summed E-state index contributed by atoms with van der Waals surface area (Å²) in [6.45, 7) is 1.72. The number of hydrogen-bond donors (Lipinski definition) is 3. The molecule has 12 heteroatoms. The van der Waals surface area contributed by atoms with E-state index in [1.165, 1.54) is 32.9 Å². The number of benzene rings is 2. The van der Waals surface area contributed by atoms with E-state index in [2.05, 4.69) is 10.6 Å². The zero-order chi connectivity index (χ0) is 27.3. The van der Waals surface area contributed by atoms with Crippen molar-refractivity contribution in [2.75, 3.05) is 17.2 Å². The molecular weight excluding hydrogens is 622 g/mol. The third kappa shape index (κ3) is 4.56. The lowest BCUT2D eigenvalue weighted by molar-refractivity contribution is 0.630. The van der Waals surface area contributed by atoms with Gasteiger partial charge < -0.3 is 16.4 Å². The molecule has 4 aromatic rings. The normalized spacial score (nSPS) is 13.1. The fraction of sp³-hybridized carbons (Fsp3) is 0.231. The lowest BCUT2D eigenvalue weighted by Crippen LogP contribution is -2.41. The predicted octanol–water partition coefficient (Wildman–Crippen LogP) is 3.68. The van der Waals surface area contributed by atoms with E-state index >= 15 is 0 Å². The molecular formula is C26H24FIN6O3S. The van der Waals surface area contributed by atoms with Gasteiger partial charge in [-0.3, -0.25) is 23.3 Å². The zero-order valence-electron chi connectivity index (χ0n) is 20.5. The minimum absolute atomic E-state index is 0.0992. The summed E-state index contributed by atoms with van der Waals surface area (Å²) < 4.78 is 19.4. The van der Waals surface area contributed by atoms with Crippen molar-refractivity contribution in [3.05, 3.63) is 88.6 Å². The second-order valence-corrected chi connectivity index (χ2v) is 10.9. The highest BCUT2D eigenvalue weighted by molar-refractivity contribution is 14.1. The number of anilines is 3. The van der Waals surface area contributed by atoms with Gasteiger partial charge in [0, 0.05) is 34.5 Å². The third-order valence-corrected chi connectivity index (χ3v) is 7.45. The lowest BCUT2D eigenvalue weighted by atomic mass is 10.1. The van der Waals surface area contributed by atoms with E-state index in [1.54, 1.807) is 37.3 Å². The monoisotopic (exact) mass is 646 g/mol. The summed E-state index contributed by atoms with van der Waals surface area (Å²) in [5.74, 6) is -0.439. The molecule has 9 nitrogen and oxygen atoms in total. The molecule has 196 valence electrons. The second kappa shape index (κ2) is 10.1. The van der Waals surface area contributed by atoms with Gasteiger partial charge in [-0.05, 0) is 78.8 Å². The number of nitrogens with two attached hydrogens (primary N) is 1. The van der Waals surface area contributed by atoms with Crippen molar-refractivity contribution in [3.63, 3.8) is 0 Å². The fourth-order valence-electron chi connectivity index (χ4n) is 4.51. The predicted molar refractivity (Wildman–Crippen MR) is 160 cm³/mol. The quantitative estimate of drug-likeness (QED) is 0.216. The summed E-state index contributed by atoms with van der Waals surface area (Å²) in [5.41, 5.74) is 5.62. The fourth-order valence-corrected chi connectivity index (χ4v) is 5.08. The number of fused-ring (bicyclic) bond motifs is 1. The number of halogens is 2. The van der Waals surface area contributed by atoms with Crippen molar-refractivity contribution in [1.29, 1.82) is 0 Å². The molecule has 0 unspecified atom stereocenters. The largest absolute Gasteiger partial charge is 0.349 e. The Kier molecular flexibility index (Phi) is 6.96. The van der Waals surface area contributed by atoms with Gasteiger partial charge in [-0.1, -0.05) is 18.3 Å². The molecule has 0 saturated heterocycles. The van der Waals surface area contributed by atoms with Crippen LogP contribution in [0.1, 0.15) is 24.4 Å². The molecule has 2 heterocycles. The van der Waals surface area contributed by atoms with E-state index in [9.17, 15) is 18.8 Å². The third-order valence-electron chi connectivity index (χ3n) is 6.51. The second-order valence-electron chi connectivity index (χ2n) is 9.14. The molecule has 2 aromatic heterocycles. The number of pyridine rings is 1. The molecule has 1 fully saturated rings. The average molecular weight is 646 g/mol. The molecule has 38 heavy (non-hydrogen) atoms. The molecule has 4 N–H and O–H groups in total. The van der Waals surface area contributed by atoms with Crippen LogP contribution in [0.5, 0.6) is 0 Å². The summed E-state index contributed by atoms with van der Waals surface area (Å²) >= 11 is 7.20. The number of aryl methyl sites for hydroxylation is 1. The van der Waals surface area contributed by atoms with Crippen molar-refractivity contribution in [1.82, 2.24) is 13.7 Å². The lowest BCUT2D eigenvalue weighted by Gasteiger charge is -2.21. The van der Waals surface area contributed by atoms with Gasteiger partial charge in [-0.2, -0.15) is 0 Å². The van der Waals surface area contributed by atoms with Crippen LogP contribution >= 0.6 is 34.8 Å². The van der Waals surface area contributed by atoms with Crippen LogP contribution in [0.3, 0.4) is 0 Å². The highest BCUT2D eigenvalue weighted by Gasteiger charge is 2.31. The molecule has 1 aliphatic carbocycles. The molecule has 0 spiro atoms. The van der Waals surface area contributed by atoms with Crippen molar-refractivity contribution in [3.8, 4) is 5.69 Å². The van der Waals surface area contributed by atoms with Crippen LogP contribution in [0.4, 0.5) is 21.6 Å². The highest BCUT2D eigenvalue weighted by atomic mass is 127. The Labute approximate surface area is 235 Å². The van der Waals surface area contributed by atoms with E-state index in [1.807, 2.05) is 22.6 Å². The van der Waals surface area contributed by atoms with E-state index in [0.717, 1.165) is 0 Å². The highest BCUT2D eigenvalue weighted by Crippen LogP contribution is 2.34. The SMILES string of the molecule is Cc1c(=O)n(C)c(Nc2ccc(I)cc2F)c2c(=O)n(C3CC3)c(=O)n(-c3cccc(NC(=S)CN)c3)c12. The Morgan fingerprint density at radius 2 is 1.89 bits per heavy atom. The summed E-state index contributed by atoms with van der Waals surface area (Å²) in [6, 6.07) is 11.3. The maximum Gasteiger partial charge on any atom is 0.336 e. The van der Waals surface area contributed by atoms with Gasteiger partial charge in [-0.25, -0.2) is 9.18 Å². The van der Waals surface area contributed by atoms with Crippen molar-refractivity contribution >= 4 is 67.9 Å². The van der Waals surface area contributed by atoms with Gasteiger partial charge in [0.1, 0.15) is 17.0 Å². The molecule has 0 atom stereocenters. The summed E-state index contributed by atoms with van der Waals surface area (Å²) in [4.78, 5) is 41.5. The van der Waals surface area contributed by atoms with Gasteiger partial charge in [-0.15, -0.1) is 0 Å². The van der Waals surface area contributed by atoms with Crippen LogP contribution in [0.2, 0.25) is 0 Å². The van der Waals surface area contributed by atoms with Gasteiger partial charge in [0.15, 0.2) is 0 Å². The first-order valence-electron chi connectivity index (χ1n) is 11.9. The van der Waals surface area contributed by atoms with E-state index in [-0.39, 0.29) is 40.6 Å². The standard InChI is InChI=1S/C26H24FIN6O3S/c1-13-22-21(23(32(2)24(13)35)31-19-9-6-14(28)10-18(19)27)25(36)34(16-7-8-16)26(37)33(22)17-5-3-4-15(11-17)30-20(38)12-29/h3-6,9-11,16,31H,7-8,12,29H2,1-2H3,(H,30,38). The average Bonchev–Trinajstić information content (AvgIpc) is 3.72. The molecule has 1 aliphatic rings. The van der Waals surface area contributed by atoms with Crippen LogP contribution in [0.15, 0.2) is 56.8 Å². The maximum absolute atomic E-state index is 14.8. The Hall–Kier alpha value is -3.36. The van der Waals surface area contributed by atoms with Crippen LogP contribution in [-0.4, -0.2) is 25.2 Å². The van der Waals surface area contributed by atoms with E-state index in [4.69, 9.17) is 18.0 Å². The molecule has 5 rings (SSSR count). The van der Waals surface area contributed by atoms with Crippen LogP contribution in [0.25, 0.3) is 16.6 Å². The maximum atomic E-state index is 14.8. The number of nitrogens with one attached hydrogen (secondary N) is 2. The smallest absolute Gasteiger partial charge is 0.336 e. The van der Waals surface area contributed by atoms with Crippen LogP contribution < -0.4 is 33.2 Å². The summed E-state index contributed by atoms with van der Waals surface area (Å²) in [6.07, 6.45) is 1.37. The van der Waals surface area contributed by atoms with E-state index in [0.29, 0.717) is 32.8 Å². The molecule has 1 saturated carbocycles. The van der Waals surface area contributed by atoms with Gasteiger partial charge in [0.05, 0.1) is 21.9 Å². The zero-order valence-corrected chi connectivity index (χ0v) is 23.5. The van der Waals surface area contributed by atoms with Crippen molar-refractivity contribution < 1.29 is 4.39 Å². The molecule has 0 radical (unpaired) electrons. The Balaban J connectivity index is 1.88. The number of thiocarbonyl (C=S) groups is 1. The Morgan fingerprint density at radius 3 is 2.55 bits per heavy atom. The molecule has 0 amide bonds. The Morgan fingerprint density at radius 1 is 1.16 bits per heavy atom. The first-order valence-corrected chi connectivity index (χ1v) is 13.3. The minimum Gasteiger partial charge on any atom is -0.349 e. The van der Waals surface area contributed by atoms with Gasteiger partial charge in [0.2, 0.25) is 0 Å². The van der Waals surface area contributed by atoms with Crippen molar-refractivity contribution in [2.24, 2.45) is 12.8 Å². The van der Waals surface area contributed by atoms with E-state index < -0.39 is 22.6 Å². The Bertz CT molecular complexity index is 1810. The minimum atomic E-state index is -0.550. The van der Waals surface area contributed by atoms with Crippen molar-refractivity contribution in [2.45, 2.75) is 25.8 Å². The summed E-state index contributed by atoms with van der Waals surface area (Å²) in [7, 11) is 1.51.